The summed E-state index contributed by atoms with van der Waals surface area (Å²) in [6.07, 6.45) is 2.79. The summed E-state index contributed by atoms with van der Waals surface area (Å²) >= 11 is 1.28. The van der Waals surface area contributed by atoms with Gasteiger partial charge in [0.2, 0.25) is 15.9 Å². The lowest BCUT2D eigenvalue weighted by Crippen LogP contribution is -2.35. The number of benzene rings is 1. The lowest BCUT2D eigenvalue weighted by molar-refractivity contribution is -0.119. The number of sulfonamides is 1. The van der Waals surface area contributed by atoms with E-state index < -0.39 is 10.0 Å². The van der Waals surface area contributed by atoms with Gasteiger partial charge < -0.3 is 10.6 Å². The van der Waals surface area contributed by atoms with Gasteiger partial charge in [-0.3, -0.25) is 9.59 Å². The van der Waals surface area contributed by atoms with E-state index in [4.69, 9.17) is 0 Å². The van der Waals surface area contributed by atoms with E-state index >= 15 is 0 Å². The van der Waals surface area contributed by atoms with Crippen LogP contribution in [0.2, 0.25) is 0 Å². The summed E-state index contributed by atoms with van der Waals surface area (Å²) in [4.78, 5) is 25.0. The number of hydrogen-bond donors (Lipinski definition) is 2. The minimum absolute atomic E-state index is 0.133. The maximum Gasteiger partial charge on any atom is 0.265 e. The molecular weight excluding hydrogens is 398 g/mol. The highest BCUT2D eigenvalue weighted by Gasteiger charge is 2.26. The van der Waals surface area contributed by atoms with Crippen LogP contribution in [0.5, 0.6) is 0 Å². The average molecular weight is 422 g/mol. The van der Waals surface area contributed by atoms with Crippen LogP contribution in [0.4, 0.5) is 5.69 Å². The van der Waals surface area contributed by atoms with Crippen molar-refractivity contribution in [3.8, 4) is 0 Å². The maximum absolute atomic E-state index is 12.8. The number of nitrogens with one attached hydrogen (secondary N) is 2. The molecule has 1 aliphatic rings. The zero-order chi connectivity index (χ0) is 20.1. The number of rotatable bonds is 6. The van der Waals surface area contributed by atoms with Crippen molar-refractivity contribution in [3.05, 3.63) is 46.2 Å². The number of amides is 2. The van der Waals surface area contributed by atoms with Crippen molar-refractivity contribution in [2.24, 2.45) is 0 Å². The molecule has 0 aliphatic carbocycles. The molecule has 3 rings (SSSR count). The van der Waals surface area contributed by atoms with Gasteiger partial charge in [0.25, 0.3) is 5.91 Å². The van der Waals surface area contributed by atoms with Crippen molar-refractivity contribution in [3.63, 3.8) is 0 Å². The molecular formula is C19H23N3O4S2. The highest BCUT2D eigenvalue weighted by molar-refractivity contribution is 7.89. The number of nitrogens with zero attached hydrogens (tertiary/aromatic N) is 1. The quantitative estimate of drug-likeness (QED) is 0.750. The molecule has 1 fully saturated rings. The summed E-state index contributed by atoms with van der Waals surface area (Å²) < 4.78 is 27.1. The van der Waals surface area contributed by atoms with Crippen LogP contribution in [0.3, 0.4) is 0 Å². The third-order valence-electron chi connectivity index (χ3n) is 4.44. The molecule has 1 aliphatic heterocycles. The summed E-state index contributed by atoms with van der Waals surface area (Å²) in [5.74, 6) is -0.447. The van der Waals surface area contributed by atoms with Gasteiger partial charge in [-0.05, 0) is 43.2 Å². The lowest BCUT2D eigenvalue weighted by atomic mass is 10.2. The van der Waals surface area contributed by atoms with E-state index in [0.29, 0.717) is 30.2 Å². The fraction of sp³-hybridized carbons (Fsp3) is 0.368. The largest absolute Gasteiger partial charge is 0.351 e. The van der Waals surface area contributed by atoms with Gasteiger partial charge in [-0.2, -0.15) is 4.31 Å². The monoisotopic (exact) mass is 421 g/mol. The summed E-state index contributed by atoms with van der Waals surface area (Å²) in [6.45, 7) is 2.87. The Bertz CT molecular complexity index is 963. The van der Waals surface area contributed by atoms with E-state index in [0.717, 1.165) is 24.1 Å². The van der Waals surface area contributed by atoms with Crippen LogP contribution in [0.25, 0.3) is 0 Å². The summed E-state index contributed by atoms with van der Waals surface area (Å²) in [6, 6.07) is 9.81. The first kappa shape index (κ1) is 20.5. The average Bonchev–Trinajstić information content (AvgIpc) is 3.16. The van der Waals surface area contributed by atoms with E-state index in [9.17, 15) is 18.0 Å². The SMILES string of the molecule is CC(=O)NCc1ccc(C(=O)Nc2cccc(S(=O)(=O)N3CCCCC3)c2)s1. The van der Waals surface area contributed by atoms with Crippen LogP contribution < -0.4 is 10.6 Å². The maximum atomic E-state index is 12.8. The molecule has 9 heteroatoms. The molecule has 1 saturated heterocycles. The van der Waals surface area contributed by atoms with Gasteiger partial charge in [0.1, 0.15) is 0 Å². The summed E-state index contributed by atoms with van der Waals surface area (Å²) in [5.41, 5.74) is 0.430. The highest BCUT2D eigenvalue weighted by Crippen LogP contribution is 2.24. The zero-order valence-corrected chi connectivity index (χ0v) is 17.2. The van der Waals surface area contributed by atoms with E-state index in [1.165, 1.54) is 28.6 Å². The van der Waals surface area contributed by atoms with Gasteiger partial charge in [-0.15, -0.1) is 11.3 Å². The minimum Gasteiger partial charge on any atom is -0.351 e. The van der Waals surface area contributed by atoms with Gasteiger partial charge in [-0.25, -0.2) is 8.42 Å². The number of hydrogen-bond acceptors (Lipinski definition) is 5. The molecule has 0 unspecified atom stereocenters. The van der Waals surface area contributed by atoms with Crippen molar-refractivity contribution < 1.29 is 18.0 Å². The summed E-state index contributed by atoms with van der Waals surface area (Å²) in [7, 11) is -3.55. The molecule has 2 amide bonds. The van der Waals surface area contributed by atoms with E-state index in [2.05, 4.69) is 10.6 Å². The molecule has 0 saturated carbocycles. The number of thiophene rings is 1. The Morgan fingerprint density at radius 3 is 2.57 bits per heavy atom. The number of piperidine rings is 1. The van der Waals surface area contributed by atoms with Gasteiger partial charge >= 0.3 is 0 Å². The number of carbonyl (C=O) groups excluding carboxylic acids is 2. The smallest absolute Gasteiger partial charge is 0.265 e. The van der Waals surface area contributed by atoms with Gasteiger partial charge in [0.05, 0.1) is 16.3 Å². The highest BCUT2D eigenvalue weighted by atomic mass is 32.2. The zero-order valence-electron chi connectivity index (χ0n) is 15.6. The second-order valence-electron chi connectivity index (χ2n) is 6.62. The van der Waals surface area contributed by atoms with E-state index in [1.54, 1.807) is 30.3 Å². The standard InChI is InChI=1S/C19H23N3O4S2/c1-14(23)20-13-16-8-9-18(27-16)19(24)21-15-6-5-7-17(12-15)28(25,26)22-10-3-2-4-11-22/h5-9,12H,2-4,10-11,13H2,1H3,(H,20,23)(H,21,24). The fourth-order valence-corrected chi connectivity index (χ4v) is 5.39. The van der Waals surface area contributed by atoms with Gasteiger partial charge in [0, 0.05) is 30.6 Å². The molecule has 0 bridgehead atoms. The molecule has 0 radical (unpaired) electrons. The Hall–Kier alpha value is -2.23. The van der Waals surface area contributed by atoms with Crippen molar-refractivity contribution in [1.29, 1.82) is 0 Å². The summed E-state index contributed by atoms with van der Waals surface area (Å²) in [5, 5.41) is 5.44. The molecule has 2 aromatic rings. The Morgan fingerprint density at radius 2 is 1.86 bits per heavy atom. The van der Waals surface area contributed by atoms with Crippen LogP contribution in [0, 0.1) is 0 Å². The molecule has 1 aromatic carbocycles. The van der Waals surface area contributed by atoms with Crippen molar-refractivity contribution in [2.75, 3.05) is 18.4 Å². The van der Waals surface area contributed by atoms with Crippen molar-refractivity contribution >= 4 is 38.9 Å². The number of anilines is 1. The third kappa shape index (κ3) is 4.98. The Labute approximate surface area is 168 Å². The first-order valence-electron chi connectivity index (χ1n) is 9.11. The molecule has 28 heavy (non-hydrogen) atoms. The second-order valence-corrected chi connectivity index (χ2v) is 9.73. The topological polar surface area (TPSA) is 95.6 Å². The van der Waals surface area contributed by atoms with Crippen molar-refractivity contribution in [2.45, 2.75) is 37.6 Å². The Balaban J connectivity index is 1.70. The van der Waals surface area contributed by atoms with Crippen molar-refractivity contribution in [1.82, 2.24) is 9.62 Å². The van der Waals surface area contributed by atoms with E-state index in [-0.39, 0.29) is 16.7 Å². The molecule has 2 heterocycles. The first-order valence-corrected chi connectivity index (χ1v) is 11.4. The lowest BCUT2D eigenvalue weighted by Gasteiger charge is -2.26. The van der Waals surface area contributed by atoms with E-state index in [1.807, 2.05) is 0 Å². The molecule has 1 aromatic heterocycles. The third-order valence-corrected chi connectivity index (χ3v) is 7.42. The van der Waals surface area contributed by atoms with Crippen LogP contribution in [-0.2, 0) is 21.4 Å². The minimum atomic E-state index is -3.55. The van der Waals surface area contributed by atoms with Gasteiger partial charge in [-0.1, -0.05) is 12.5 Å². The first-order chi connectivity index (χ1) is 13.4. The predicted molar refractivity (Wildman–Crippen MR) is 109 cm³/mol. The second kappa shape index (κ2) is 8.85. The van der Waals surface area contributed by atoms with Crippen LogP contribution in [0.15, 0.2) is 41.3 Å². The Kier molecular flexibility index (Phi) is 6.48. The molecule has 2 N–H and O–H groups in total. The molecule has 0 spiro atoms. The van der Waals surface area contributed by atoms with Crippen LogP contribution in [0.1, 0.15) is 40.7 Å². The molecule has 150 valence electrons. The molecule has 0 atom stereocenters. The van der Waals surface area contributed by atoms with Crippen LogP contribution >= 0.6 is 11.3 Å². The van der Waals surface area contributed by atoms with Gasteiger partial charge in [0.15, 0.2) is 0 Å². The Morgan fingerprint density at radius 1 is 1.11 bits per heavy atom. The van der Waals surface area contributed by atoms with Crippen LogP contribution in [-0.4, -0.2) is 37.6 Å². The normalized spacial score (nSPS) is 15.2. The molecule has 7 nitrogen and oxygen atoms in total. The number of carbonyl (C=O) groups is 2. The fourth-order valence-electron chi connectivity index (χ4n) is 2.99. The predicted octanol–water partition coefficient (Wildman–Crippen LogP) is 2.81.